The molecule has 1 atom stereocenters. The van der Waals surface area contributed by atoms with Gasteiger partial charge in [-0.1, -0.05) is 37.3 Å². The zero-order valence-electron chi connectivity index (χ0n) is 14.9. The summed E-state index contributed by atoms with van der Waals surface area (Å²) in [5.74, 6) is 0.624. The van der Waals surface area contributed by atoms with Gasteiger partial charge in [0.1, 0.15) is 11.3 Å². The predicted molar refractivity (Wildman–Crippen MR) is 98.3 cm³/mol. The summed E-state index contributed by atoms with van der Waals surface area (Å²) in [6, 6.07) is 9.69. The van der Waals surface area contributed by atoms with Crippen LogP contribution in [0, 0.1) is 0 Å². The molecule has 1 unspecified atom stereocenters. The van der Waals surface area contributed by atoms with E-state index in [9.17, 15) is 9.59 Å². The molecule has 7 nitrogen and oxygen atoms in total. The summed E-state index contributed by atoms with van der Waals surface area (Å²) in [7, 11) is 1.64. The highest BCUT2D eigenvalue weighted by molar-refractivity contribution is 5.87. The molecule has 1 fully saturated rings. The van der Waals surface area contributed by atoms with Crippen molar-refractivity contribution in [3.8, 4) is 0 Å². The predicted octanol–water partition coefficient (Wildman–Crippen LogP) is 2.35. The molecule has 0 spiro atoms. The van der Waals surface area contributed by atoms with Crippen molar-refractivity contribution in [3.63, 3.8) is 0 Å². The van der Waals surface area contributed by atoms with Gasteiger partial charge in [-0.05, 0) is 18.4 Å². The van der Waals surface area contributed by atoms with Crippen molar-refractivity contribution >= 4 is 17.2 Å². The van der Waals surface area contributed by atoms with Crippen LogP contribution in [0.3, 0.4) is 0 Å². The van der Waals surface area contributed by atoms with Gasteiger partial charge in [-0.15, -0.1) is 0 Å². The lowest BCUT2D eigenvalue weighted by molar-refractivity contribution is 0.210. The molecule has 0 radical (unpaired) electrons. The van der Waals surface area contributed by atoms with Crippen LogP contribution in [0.1, 0.15) is 37.1 Å². The van der Waals surface area contributed by atoms with Crippen LogP contribution in [0.25, 0.3) is 11.2 Å². The van der Waals surface area contributed by atoms with Crippen molar-refractivity contribution in [3.05, 3.63) is 58.4 Å². The van der Waals surface area contributed by atoms with Crippen LogP contribution in [-0.2, 0) is 7.05 Å². The molecule has 0 N–H and O–H groups in total. The van der Waals surface area contributed by atoms with Crippen LogP contribution in [0.5, 0.6) is 0 Å². The fourth-order valence-corrected chi connectivity index (χ4v) is 3.46. The summed E-state index contributed by atoms with van der Waals surface area (Å²) < 4.78 is 2.61. The largest absolute Gasteiger partial charge is 0.338 e. The zero-order chi connectivity index (χ0) is 18.3. The fourth-order valence-electron chi connectivity index (χ4n) is 3.46. The van der Waals surface area contributed by atoms with Gasteiger partial charge in [-0.2, -0.15) is 0 Å². The Kier molecular flexibility index (Phi) is 4.06. The van der Waals surface area contributed by atoms with E-state index in [1.807, 2.05) is 37.3 Å². The highest BCUT2D eigenvalue weighted by atomic mass is 16.2. The number of benzene rings is 1. The molecule has 134 valence electrons. The average molecular weight is 351 g/mol. The normalized spacial score (nSPS) is 15.5. The molecular formula is C19H21N5O2. The summed E-state index contributed by atoms with van der Waals surface area (Å²) in [6.45, 7) is 3.40. The number of likely N-dealkylation sites (tertiary alicyclic amines) is 1. The lowest BCUT2D eigenvalue weighted by atomic mass is 10.0. The van der Waals surface area contributed by atoms with Crippen LogP contribution in [0.2, 0.25) is 0 Å². The minimum absolute atomic E-state index is 0.00617. The average Bonchev–Trinajstić information content (AvgIpc) is 3.29. The van der Waals surface area contributed by atoms with E-state index in [0.717, 1.165) is 18.4 Å². The molecule has 0 saturated carbocycles. The number of aromatic nitrogens is 4. The Hall–Kier alpha value is -2.96. The van der Waals surface area contributed by atoms with Crippen LogP contribution in [0.4, 0.5) is 4.79 Å². The monoisotopic (exact) mass is 351 g/mol. The van der Waals surface area contributed by atoms with E-state index in [0.29, 0.717) is 30.1 Å². The number of hydrogen-bond donors (Lipinski definition) is 0. The van der Waals surface area contributed by atoms with E-state index >= 15 is 0 Å². The van der Waals surface area contributed by atoms with E-state index in [1.165, 1.54) is 9.13 Å². The van der Waals surface area contributed by atoms with Gasteiger partial charge in [0.15, 0.2) is 5.65 Å². The Bertz CT molecular complexity index is 1020. The van der Waals surface area contributed by atoms with Gasteiger partial charge >= 0.3 is 11.7 Å². The van der Waals surface area contributed by atoms with Gasteiger partial charge in [0.25, 0.3) is 0 Å². The van der Waals surface area contributed by atoms with Crippen molar-refractivity contribution in [1.29, 1.82) is 0 Å². The van der Waals surface area contributed by atoms with Crippen molar-refractivity contribution in [2.75, 3.05) is 13.1 Å². The van der Waals surface area contributed by atoms with Gasteiger partial charge in [-0.3, -0.25) is 4.57 Å². The minimum atomic E-state index is -0.379. The number of amides is 1. The number of hydrogen-bond acceptors (Lipinski definition) is 4. The van der Waals surface area contributed by atoms with E-state index in [2.05, 4.69) is 9.97 Å². The van der Waals surface area contributed by atoms with Crippen LogP contribution < -0.4 is 5.69 Å². The van der Waals surface area contributed by atoms with Gasteiger partial charge in [0, 0.05) is 26.1 Å². The smallest absolute Gasteiger partial charge is 0.324 e. The molecule has 26 heavy (non-hydrogen) atoms. The summed E-state index contributed by atoms with van der Waals surface area (Å²) >= 11 is 0. The Morgan fingerprint density at radius 1 is 1.15 bits per heavy atom. The van der Waals surface area contributed by atoms with E-state index in [-0.39, 0.29) is 17.6 Å². The molecule has 1 aromatic carbocycles. The van der Waals surface area contributed by atoms with E-state index in [1.54, 1.807) is 18.1 Å². The third-order valence-corrected chi connectivity index (χ3v) is 5.06. The number of aryl methyl sites for hydroxylation is 1. The number of fused-ring (bicyclic) bond motifs is 1. The molecule has 1 amide bonds. The highest BCUT2D eigenvalue weighted by Crippen LogP contribution is 2.22. The van der Waals surface area contributed by atoms with Gasteiger partial charge < -0.3 is 4.90 Å². The third-order valence-electron chi connectivity index (χ3n) is 5.06. The number of carbonyl (C=O) groups excluding carboxylic acids is 1. The maximum Gasteiger partial charge on any atom is 0.338 e. The van der Waals surface area contributed by atoms with Gasteiger partial charge in [0.05, 0.1) is 6.20 Å². The summed E-state index contributed by atoms with van der Waals surface area (Å²) in [5.41, 5.74) is 1.66. The second-order valence-electron chi connectivity index (χ2n) is 6.72. The molecule has 1 aliphatic rings. The SMILES string of the molecule is CC(c1ccccc1)c1ncc2c(n1)n(C)c(=O)n2C(=O)N1CCCC1. The summed E-state index contributed by atoms with van der Waals surface area (Å²) in [4.78, 5) is 36.2. The lowest BCUT2D eigenvalue weighted by Gasteiger charge is -2.15. The Morgan fingerprint density at radius 2 is 1.85 bits per heavy atom. The number of carbonyl (C=O) groups is 1. The van der Waals surface area contributed by atoms with E-state index in [4.69, 9.17) is 0 Å². The van der Waals surface area contributed by atoms with Gasteiger partial charge in [-0.25, -0.2) is 24.1 Å². The second kappa shape index (κ2) is 6.40. The molecule has 1 saturated heterocycles. The first-order chi connectivity index (χ1) is 12.6. The number of imidazole rings is 1. The molecule has 0 aliphatic carbocycles. The minimum Gasteiger partial charge on any atom is -0.324 e. The molecule has 1 aliphatic heterocycles. The maximum absolute atomic E-state index is 12.8. The quantitative estimate of drug-likeness (QED) is 0.710. The van der Waals surface area contributed by atoms with Crippen LogP contribution in [-0.4, -0.2) is 43.1 Å². The maximum atomic E-state index is 12.8. The highest BCUT2D eigenvalue weighted by Gasteiger charge is 2.25. The van der Waals surface area contributed by atoms with Gasteiger partial charge in [0.2, 0.25) is 0 Å². The Morgan fingerprint density at radius 3 is 2.54 bits per heavy atom. The molecule has 4 rings (SSSR count). The number of rotatable bonds is 2. The van der Waals surface area contributed by atoms with Crippen LogP contribution >= 0.6 is 0 Å². The Labute approximate surface area is 150 Å². The number of nitrogens with zero attached hydrogens (tertiary/aromatic N) is 5. The Balaban J connectivity index is 1.79. The van der Waals surface area contributed by atoms with Crippen LogP contribution in [0.15, 0.2) is 41.3 Å². The van der Waals surface area contributed by atoms with Crippen molar-refractivity contribution in [1.82, 2.24) is 24.0 Å². The van der Waals surface area contributed by atoms with Crippen molar-refractivity contribution in [2.45, 2.75) is 25.7 Å². The zero-order valence-corrected chi connectivity index (χ0v) is 14.9. The topological polar surface area (TPSA) is 73.0 Å². The molecule has 0 bridgehead atoms. The standard InChI is InChI=1S/C19H21N5O2/c1-13(14-8-4-3-5-9-14)16-20-12-15-17(21-16)22(2)18(25)24(15)19(26)23-10-6-7-11-23/h3-5,8-9,12-13H,6-7,10-11H2,1-2H3. The van der Waals surface area contributed by atoms with Crippen molar-refractivity contribution in [2.24, 2.45) is 7.05 Å². The second-order valence-corrected chi connectivity index (χ2v) is 6.72. The van der Waals surface area contributed by atoms with Crippen molar-refractivity contribution < 1.29 is 4.79 Å². The summed E-state index contributed by atoms with van der Waals surface area (Å²) in [5, 5.41) is 0. The first-order valence-electron chi connectivity index (χ1n) is 8.86. The summed E-state index contributed by atoms with van der Waals surface area (Å²) in [6.07, 6.45) is 3.54. The first kappa shape index (κ1) is 16.5. The lowest BCUT2D eigenvalue weighted by Crippen LogP contribution is -2.38. The van der Waals surface area contributed by atoms with E-state index < -0.39 is 0 Å². The molecule has 3 heterocycles. The molecule has 2 aromatic heterocycles. The third kappa shape index (κ3) is 2.60. The molecule has 7 heteroatoms. The molecule has 3 aromatic rings. The molecular weight excluding hydrogens is 330 g/mol. The first-order valence-corrected chi connectivity index (χ1v) is 8.86. The fraction of sp³-hybridized carbons (Fsp3) is 0.368.